The summed E-state index contributed by atoms with van der Waals surface area (Å²) in [5.41, 5.74) is 3.02. The molecule has 2 aromatic carbocycles. The summed E-state index contributed by atoms with van der Waals surface area (Å²) in [6, 6.07) is 20.9. The van der Waals surface area contributed by atoms with Gasteiger partial charge in [0.1, 0.15) is 0 Å². The molecule has 3 rings (SSSR count). The highest BCUT2D eigenvalue weighted by molar-refractivity contribution is 5.92. The topological polar surface area (TPSA) is 67.2 Å². The zero-order valence-corrected chi connectivity index (χ0v) is 14.1. The summed E-state index contributed by atoms with van der Waals surface area (Å²) in [5, 5.41) is 17.3. The van der Waals surface area contributed by atoms with E-state index in [-0.39, 0.29) is 5.91 Å². The molecule has 0 saturated heterocycles. The summed E-state index contributed by atoms with van der Waals surface area (Å²) < 4.78 is 1.74. The third-order valence-electron chi connectivity index (χ3n) is 4.01. The molecular formula is C20H21N3O2. The van der Waals surface area contributed by atoms with Crippen LogP contribution in [0.4, 0.5) is 0 Å². The fraction of sp³-hybridized carbons (Fsp3) is 0.200. The molecule has 5 nitrogen and oxygen atoms in total. The Bertz CT molecular complexity index is 829. The second kappa shape index (κ2) is 7.77. The Balaban J connectivity index is 1.59. The molecule has 0 saturated carbocycles. The number of carbonyl (C=O) groups excluding carboxylic acids is 1. The van der Waals surface area contributed by atoms with Gasteiger partial charge in [-0.25, -0.2) is 4.68 Å². The minimum Gasteiger partial charge on any atom is -0.388 e. The van der Waals surface area contributed by atoms with E-state index in [0.29, 0.717) is 18.7 Å². The molecule has 1 unspecified atom stereocenters. The molecule has 0 bridgehead atoms. The summed E-state index contributed by atoms with van der Waals surface area (Å²) in [4.78, 5) is 12.3. The number of benzene rings is 2. The SMILES string of the molecule is Cc1cc(C(=O)NCCC(O)c2ccccc2)nn1-c1ccccc1. The summed E-state index contributed by atoms with van der Waals surface area (Å²) in [6.45, 7) is 2.29. The van der Waals surface area contributed by atoms with Crippen molar-refractivity contribution in [2.45, 2.75) is 19.4 Å². The molecule has 0 aliphatic heterocycles. The van der Waals surface area contributed by atoms with Crippen LogP contribution in [0.25, 0.3) is 5.69 Å². The largest absolute Gasteiger partial charge is 0.388 e. The van der Waals surface area contributed by atoms with Crippen LogP contribution < -0.4 is 5.32 Å². The number of amides is 1. The van der Waals surface area contributed by atoms with Gasteiger partial charge in [-0.15, -0.1) is 0 Å². The summed E-state index contributed by atoms with van der Waals surface area (Å²) >= 11 is 0. The molecule has 0 fully saturated rings. The van der Waals surface area contributed by atoms with Crippen LogP contribution in [-0.4, -0.2) is 27.3 Å². The van der Waals surface area contributed by atoms with E-state index >= 15 is 0 Å². The normalized spacial score (nSPS) is 11.9. The Kier molecular flexibility index (Phi) is 5.26. The summed E-state index contributed by atoms with van der Waals surface area (Å²) in [5.74, 6) is -0.238. The highest BCUT2D eigenvalue weighted by atomic mass is 16.3. The quantitative estimate of drug-likeness (QED) is 0.727. The minimum atomic E-state index is -0.592. The number of aliphatic hydroxyl groups excluding tert-OH is 1. The number of aliphatic hydroxyl groups is 1. The van der Waals surface area contributed by atoms with E-state index < -0.39 is 6.10 Å². The van der Waals surface area contributed by atoms with E-state index in [9.17, 15) is 9.90 Å². The van der Waals surface area contributed by atoms with Crippen molar-refractivity contribution < 1.29 is 9.90 Å². The molecule has 0 radical (unpaired) electrons. The highest BCUT2D eigenvalue weighted by Gasteiger charge is 2.14. The van der Waals surface area contributed by atoms with E-state index in [1.54, 1.807) is 10.7 Å². The Morgan fingerprint density at radius 1 is 1.12 bits per heavy atom. The Labute approximate surface area is 146 Å². The van der Waals surface area contributed by atoms with Crippen LogP contribution in [0.5, 0.6) is 0 Å². The Morgan fingerprint density at radius 3 is 2.44 bits per heavy atom. The lowest BCUT2D eigenvalue weighted by molar-refractivity contribution is 0.0937. The van der Waals surface area contributed by atoms with Crippen molar-refractivity contribution in [3.63, 3.8) is 0 Å². The standard InChI is InChI=1S/C20H21N3O2/c1-15-14-18(22-23(15)17-10-6-3-7-11-17)20(25)21-13-12-19(24)16-8-4-2-5-9-16/h2-11,14,19,24H,12-13H2,1H3,(H,21,25). The maximum Gasteiger partial charge on any atom is 0.271 e. The second-order valence-electron chi connectivity index (χ2n) is 5.89. The number of nitrogens with one attached hydrogen (secondary N) is 1. The van der Waals surface area contributed by atoms with Crippen molar-refractivity contribution >= 4 is 5.91 Å². The average molecular weight is 335 g/mol. The van der Waals surface area contributed by atoms with E-state index in [1.807, 2.05) is 67.6 Å². The molecule has 1 heterocycles. The van der Waals surface area contributed by atoms with Gasteiger partial charge in [0.15, 0.2) is 5.69 Å². The van der Waals surface area contributed by atoms with E-state index in [0.717, 1.165) is 16.9 Å². The van der Waals surface area contributed by atoms with Gasteiger partial charge in [-0.3, -0.25) is 4.79 Å². The van der Waals surface area contributed by atoms with Crippen LogP contribution in [0.3, 0.4) is 0 Å². The maximum atomic E-state index is 12.3. The van der Waals surface area contributed by atoms with Crippen LogP contribution in [-0.2, 0) is 0 Å². The number of para-hydroxylation sites is 1. The predicted molar refractivity (Wildman–Crippen MR) is 96.7 cm³/mol. The van der Waals surface area contributed by atoms with E-state index in [1.165, 1.54) is 0 Å². The molecular weight excluding hydrogens is 314 g/mol. The molecule has 3 aromatic rings. The zero-order chi connectivity index (χ0) is 17.6. The van der Waals surface area contributed by atoms with Gasteiger partial charge in [-0.2, -0.15) is 5.10 Å². The molecule has 128 valence electrons. The van der Waals surface area contributed by atoms with Gasteiger partial charge in [-0.1, -0.05) is 48.5 Å². The minimum absolute atomic E-state index is 0.238. The summed E-state index contributed by atoms with van der Waals surface area (Å²) in [7, 11) is 0. The van der Waals surface area contributed by atoms with E-state index in [4.69, 9.17) is 0 Å². The smallest absolute Gasteiger partial charge is 0.271 e. The average Bonchev–Trinajstić information content (AvgIpc) is 3.05. The van der Waals surface area contributed by atoms with Crippen LogP contribution >= 0.6 is 0 Å². The number of hydrogen-bond donors (Lipinski definition) is 2. The van der Waals surface area contributed by atoms with Crippen molar-refractivity contribution in [2.24, 2.45) is 0 Å². The van der Waals surface area contributed by atoms with E-state index in [2.05, 4.69) is 10.4 Å². The molecule has 1 atom stereocenters. The van der Waals surface area contributed by atoms with Crippen molar-refractivity contribution in [1.29, 1.82) is 0 Å². The first kappa shape index (κ1) is 16.9. The molecule has 0 aliphatic rings. The molecule has 25 heavy (non-hydrogen) atoms. The molecule has 0 aliphatic carbocycles. The van der Waals surface area contributed by atoms with Gasteiger partial charge in [0.2, 0.25) is 0 Å². The number of carbonyl (C=O) groups is 1. The van der Waals surface area contributed by atoms with Gasteiger partial charge in [-0.05, 0) is 37.1 Å². The van der Waals surface area contributed by atoms with Crippen LogP contribution in [0, 0.1) is 6.92 Å². The Morgan fingerprint density at radius 2 is 1.76 bits per heavy atom. The second-order valence-corrected chi connectivity index (χ2v) is 5.89. The molecule has 1 aromatic heterocycles. The monoisotopic (exact) mass is 335 g/mol. The molecule has 5 heteroatoms. The molecule has 1 amide bonds. The van der Waals surface area contributed by atoms with Gasteiger partial charge in [0, 0.05) is 12.2 Å². The van der Waals surface area contributed by atoms with Crippen LogP contribution in [0.15, 0.2) is 66.7 Å². The summed E-state index contributed by atoms with van der Waals surface area (Å²) in [6.07, 6.45) is -0.140. The highest BCUT2D eigenvalue weighted by Crippen LogP contribution is 2.15. The number of aromatic nitrogens is 2. The van der Waals surface area contributed by atoms with Gasteiger partial charge >= 0.3 is 0 Å². The molecule has 0 spiro atoms. The lowest BCUT2D eigenvalue weighted by atomic mass is 10.1. The maximum absolute atomic E-state index is 12.3. The number of aryl methyl sites for hydroxylation is 1. The Hall–Kier alpha value is -2.92. The number of hydrogen-bond acceptors (Lipinski definition) is 3. The third kappa shape index (κ3) is 4.14. The number of nitrogens with zero attached hydrogens (tertiary/aromatic N) is 2. The molecule has 2 N–H and O–H groups in total. The lowest BCUT2D eigenvalue weighted by Crippen LogP contribution is -2.26. The van der Waals surface area contributed by atoms with Crippen LogP contribution in [0.1, 0.15) is 34.3 Å². The predicted octanol–water partition coefficient (Wildman–Crippen LogP) is 3.03. The third-order valence-corrected chi connectivity index (χ3v) is 4.01. The van der Waals surface area contributed by atoms with Crippen LogP contribution in [0.2, 0.25) is 0 Å². The fourth-order valence-electron chi connectivity index (χ4n) is 2.67. The lowest BCUT2D eigenvalue weighted by Gasteiger charge is -2.11. The zero-order valence-electron chi connectivity index (χ0n) is 14.1. The first-order valence-electron chi connectivity index (χ1n) is 8.28. The van der Waals surface area contributed by atoms with Gasteiger partial charge in [0.05, 0.1) is 11.8 Å². The van der Waals surface area contributed by atoms with Crippen molar-refractivity contribution in [2.75, 3.05) is 6.54 Å². The first-order valence-corrected chi connectivity index (χ1v) is 8.28. The van der Waals surface area contributed by atoms with Gasteiger partial charge in [0.25, 0.3) is 5.91 Å². The number of rotatable bonds is 6. The fourth-order valence-corrected chi connectivity index (χ4v) is 2.67. The first-order chi connectivity index (χ1) is 12.1. The van der Waals surface area contributed by atoms with Crippen molar-refractivity contribution in [3.8, 4) is 5.69 Å². The van der Waals surface area contributed by atoms with Crippen molar-refractivity contribution in [1.82, 2.24) is 15.1 Å². The van der Waals surface area contributed by atoms with Gasteiger partial charge < -0.3 is 10.4 Å². The van der Waals surface area contributed by atoms with Crippen molar-refractivity contribution in [3.05, 3.63) is 83.7 Å².